The molecule has 1 amide bonds. The van der Waals surface area contributed by atoms with Gasteiger partial charge in [0, 0.05) is 38.6 Å². The van der Waals surface area contributed by atoms with Crippen molar-refractivity contribution in [2.24, 2.45) is 4.99 Å². The van der Waals surface area contributed by atoms with Crippen molar-refractivity contribution >= 4 is 43.8 Å². The van der Waals surface area contributed by atoms with Gasteiger partial charge in [0.1, 0.15) is 17.5 Å². The molecular formula is C27H32Br2N6O3. The van der Waals surface area contributed by atoms with Crippen molar-refractivity contribution in [2.45, 2.75) is 31.3 Å². The monoisotopic (exact) mass is 646 g/mol. The Hall–Kier alpha value is -2.65. The van der Waals surface area contributed by atoms with E-state index in [2.05, 4.69) is 59.0 Å². The molecule has 2 heterocycles. The van der Waals surface area contributed by atoms with Crippen LogP contribution in [-0.4, -0.2) is 90.1 Å². The predicted molar refractivity (Wildman–Crippen MR) is 153 cm³/mol. The second-order valence-electron chi connectivity index (χ2n) is 9.61. The summed E-state index contributed by atoms with van der Waals surface area (Å²) < 4.78 is 6.83. The number of hydrogen-bond donors (Lipinski definition) is 2. The summed E-state index contributed by atoms with van der Waals surface area (Å²) in [5.41, 5.74) is 0.796. The molecule has 0 aromatic heterocycles. The Labute approximate surface area is 240 Å². The second-order valence-corrected chi connectivity index (χ2v) is 11.3. The van der Waals surface area contributed by atoms with E-state index < -0.39 is 6.04 Å². The Morgan fingerprint density at radius 3 is 2.37 bits per heavy atom. The summed E-state index contributed by atoms with van der Waals surface area (Å²) in [5.74, 6) is 0.466. The van der Waals surface area contributed by atoms with Crippen LogP contribution in [0.1, 0.15) is 18.4 Å². The van der Waals surface area contributed by atoms with Crippen LogP contribution in [0.5, 0.6) is 11.5 Å². The molecule has 2 fully saturated rings. The van der Waals surface area contributed by atoms with E-state index in [-0.39, 0.29) is 24.1 Å². The number of nitriles is 1. The van der Waals surface area contributed by atoms with Gasteiger partial charge < -0.3 is 19.6 Å². The maximum Gasteiger partial charge on any atom is 0.304 e. The fourth-order valence-corrected chi connectivity index (χ4v) is 6.18. The highest BCUT2D eigenvalue weighted by Gasteiger charge is 2.31. The quantitative estimate of drug-likeness (QED) is 0.214. The predicted octanol–water partition coefficient (Wildman–Crippen LogP) is 3.57. The lowest BCUT2D eigenvalue weighted by atomic mass is 10.0. The number of phenols is 1. The molecule has 2 aromatic carbocycles. The molecule has 0 unspecified atom stereocenters. The highest BCUT2D eigenvalue weighted by Crippen LogP contribution is 2.34. The number of hydrogen-bond acceptors (Lipinski definition) is 7. The van der Waals surface area contributed by atoms with E-state index in [4.69, 9.17) is 4.74 Å². The van der Waals surface area contributed by atoms with Crippen molar-refractivity contribution in [1.29, 1.82) is 5.26 Å². The van der Waals surface area contributed by atoms with Gasteiger partial charge in [-0.15, -0.1) is 0 Å². The lowest BCUT2D eigenvalue weighted by Gasteiger charge is -2.42. The molecule has 9 nitrogen and oxygen atoms in total. The molecule has 0 spiro atoms. The summed E-state index contributed by atoms with van der Waals surface area (Å²) in [6.07, 6.45) is 4.43. The van der Waals surface area contributed by atoms with E-state index >= 15 is 0 Å². The molecule has 0 aliphatic carbocycles. The zero-order valence-corrected chi connectivity index (χ0v) is 24.5. The molecule has 2 aromatic rings. The van der Waals surface area contributed by atoms with Gasteiger partial charge in [0.15, 0.2) is 6.19 Å². The number of nitrogens with one attached hydrogen (secondary N) is 1. The van der Waals surface area contributed by atoms with Gasteiger partial charge in [-0.1, -0.05) is 18.2 Å². The lowest BCUT2D eigenvalue weighted by molar-refractivity contribution is -0.134. The highest BCUT2D eigenvalue weighted by atomic mass is 79.9. The third kappa shape index (κ3) is 7.47. The minimum absolute atomic E-state index is 0.0427. The summed E-state index contributed by atoms with van der Waals surface area (Å²) in [7, 11) is 2.16. The molecule has 2 saturated heterocycles. The zero-order chi connectivity index (χ0) is 27.1. The Morgan fingerprint density at radius 2 is 1.76 bits per heavy atom. The number of rotatable bonds is 6. The average molecular weight is 648 g/mol. The number of nitrogens with zero attached hydrogens (tertiary/aromatic N) is 5. The van der Waals surface area contributed by atoms with Crippen molar-refractivity contribution in [2.75, 3.05) is 46.3 Å². The van der Waals surface area contributed by atoms with E-state index in [1.807, 2.05) is 29.3 Å². The summed E-state index contributed by atoms with van der Waals surface area (Å²) in [6, 6.07) is 12.2. The molecular weight excluding hydrogens is 616 g/mol. The van der Waals surface area contributed by atoms with Gasteiger partial charge in [-0.05, 0) is 94.7 Å². The van der Waals surface area contributed by atoms with Crippen LogP contribution in [0.25, 0.3) is 0 Å². The van der Waals surface area contributed by atoms with Gasteiger partial charge in [0.25, 0.3) is 0 Å². The Bertz CT molecular complexity index is 1150. The number of likely N-dealkylation sites (tertiary alicyclic amines) is 1. The first kappa shape index (κ1) is 28.4. The van der Waals surface area contributed by atoms with Crippen molar-refractivity contribution in [1.82, 2.24) is 20.0 Å². The number of carbonyl (C=O) groups excluding carboxylic acids is 1. The molecule has 2 aliphatic heterocycles. The van der Waals surface area contributed by atoms with Gasteiger partial charge in [0.05, 0.1) is 8.95 Å². The van der Waals surface area contributed by atoms with Gasteiger partial charge in [-0.3, -0.25) is 9.69 Å². The van der Waals surface area contributed by atoms with Crippen molar-refractivity contribution in [3.63, 3.8) is 0 Å². The molecule has 4 rings (SSSR count). The van der Waals surface area contributed by atoms with Gasteiger partial charge in [-0.25, -0.2) is 10.3 Å². The molecule has 0 bridgehead atoms. The zero-order valence-electron chi connectivity index (χ0n) is 21.3. The van der Waals surface area contributed by atoms with Crippen molar-refractivity contribution < 1.29 is 14.6 Å². The third-order valence-electron chi connectivity index (χ3n) is 7.01. The number of ether oxygens (including phenoxy) is 1. The molecule has 1 atom stereocenters. The van der Waals surface area contributed by atoms with Crippen LogP contribution in [0, 0.1) is 11.5 Å². The average Bonchev–Trinajstić information content (AvgIpc) is 2.92. The van der Waals surface area contributed by atoms with E-state index in [9.17, 15) is 15.2 Å². The summed E-state index contributed by atoms with van der Waals surface area (Å²) in [6.45, 7) is 5.12. The maximum absolute atomic E-state index is 13.8. The maximum atomic E-state index is 13.8. The highest BCUT2D eigenvalue weighted by molar-refractivity contribution is 9.11. The number of benzene rings is 2. The fourth-order valence-electron chi connectivity index (χ4n) is 4.90. The summed E-state index contributed by atoms with van der Waals surface area (Å²) >= 11 is 6.74. The Kier molecular flexibility index (Phi) is 10.0. The number of aromatic hydroxyl groups is 1. The largest absolute Gasteiger partial charge is 0.506 e. The van der Waals surface area contributed by atoms with Crippen molar-refractivity contribution in [3.05, 3.63) is 57.0 Å². The molecule has 0 saturated carbocycles. The van der Waals surface area contributed by atoms with Gasteiger partial charge in [0.2, 0.25) is 5.91 Å². The van der Waals surface area contributed by atoms with Crippen molar-refractivity contribution in [3.8, 4) is 17.7 Å². The number of para-hydroxylation sites is 1. The number of halogens is 2. The fraction of sp³-hybridized carbons (Fsp3) is 0.444. The number of phenolic OH excluding ortho intramolecular Hbond substituents is 1. The standard InChI is InChI=1S/C27H32Br2N6O3/c1-33-9-7-20(8-10-33)34-11-13-35(14-12-34)26(37)24(17-19-15-22(28)25(36)23(29)16-19)32-27(31-18-30)38-21-5-3-2-4-6-21/h2-6,15-16,20,24,36H,7-14,17H2,1H3,(H,31,32)/t24-/m1/s1. The van der Waals surface area contributed by atoms with Gasteiger partial charge in [-0.2, -0.15) is 5.26 Å². The van der Waals surface area contributed by atoms with Crippen LogP contribution in [0.15, 0.2) is 56.4 Å². The Morgan fingerprint density at radius 1 is 1.13 bits per heavy atom. The minimum atomic E-state index is -0.826. The third-order valence-corrected chi connectivity index (χ3v) is 8.22. The summed E-state index contributed by atoms with van der Waals surface area (Å²) in [4.78, 5) is 25.1. The molecule has 2 N–H and O–H groups in total. The number of carbonyl (C=O) groups is 1. The van der Waals surface area contributed by atoms with Crippen LogP contribution >= 0.6 is 31.9 Å². The number of amides is 1. The lowest BCUT2D eigenvalue weighted by Crippen LogP contribution is -2.55. The van der Waals surface area contributed by atoms with E-state index in [1.54, 1.807) is 24.3 Å². The van der Waals surface area contributed by atoms with Crippen LogP contribution in [0.4, 0.5) is 0 Å². The molecule has 11 heteroatoms. The first-order chi connectivity index (χ1) is 18.3. The van der Waals surface area contributed by atoms with Crippen LogP contribution < -0.4 is 10.1 Å². The number of piperidine rings is 1. The molecule has 38 heavy (non-hydrogen) atoms. The number of amidine groups is 1. The smallest absolute Gasteiger partial charge is 0.304 e. The van der Waals surface area contributed by atoms with E-state index in [0.29, 0.717) is 33.8 Å². The van der Waals surface area contributed by atoms with E-state index in [0.717, 1.165) is 44.6 Å². The molecule has 2 aliphatic rings. The number of piperazine rings is 1. The first-order valence-corrected chi connectivity index (χ1v) is 14.3. The van der Waals surface area contributed by atoms with Crippen LogP contribution in [-0.2, 0) is 11.2 Å². The molecule has 202 valence electrons. The molecule has 0 radical (unpaired) electrons. The van der Waals surface area contributed by atoms with Crippen LogP contribution in [0.3, 0.4) is 0 Å². The first-order valence-electron chi connectivity index (χ1n) is 12.7. The number of aliphatic imine (C=N–C) groups is 1. The van der Waals surface area contributed by atoms with Crippen LogP contribution in [0.2, 0.25) is 0 Å². The summed E-state index contributed by atoms with van der Waals surface area (Å²) in [5, 5.41) is 21.9. The van der Waals surface area contributed by atoms with E-state index in [1.165, 1.54) is 0 Å². The topological polar surface area (TPSA) is 104 Å². The minimum Gasteiger partial charge on any atom is -0.506 e. The normalized spacial score (nSPS) is 18.6. The van der Waals surface area contributed by atoms with Gasteiger partial charge >= 0.3 is 6.02 Å². The second kappa shape index (κ2) is 13.4. The Balaban J connectivity index is 1.53. The SMILES string of the molecule is CN1CCC(N2CCN(C(=O)[C@@H](Cc3cc(Br)c(O)c(Br)c3)N=C(NC#N)Oc3ccccc3)CC2)CC1.